The second-order valence-corrected chi connectivity index (χ2v) is 6.31. The summed E-state index contributed by atoms with van der Waals surface area (Å²) >= 11 is 1.36. The summed E-state index contributed by atoms with van der Waals surface area (Å²) in [7, 11) is 0. The number of aryl methyl sites for hydroxylation is 1. The second-order valence-electron chi connectivity index (χ2n) is 5.37. The maximum Gasteiger partial charge on any atom is 0.234 e. The molecule has 1 amide bonds. The Morgan fingerprint density at radius 3 is 3.04 bits per heavy atom. The molecule has 1 N–H and O–H groups in total. The van der Waals surface area contributed by atoms with Gasteiger partial charge in [0.15, 0.2) is 16.6 Å². The van der Waals surface area contributed by atoms with Crippen molar-refractivity contribution in [2.75, 3.05) is 11.1 Å². The van der Waals surface area contributed by atoms with Gasteiger partial charge in [-0.3, -0.25) is 4.79 Å². The van der Waals surface area contributed by atoms with Crippen LogP contribution < -0.4 is 5.32 Å². The first-order chi connectivity index (χ1) is 11.0. The third-order valence-electron chi connectivity index (χ3n) is 3.21. The lowest BCUT2D eigenvalue weighted by atomic mass is 10.3. The summed E-state index contributed by atoms with van der Waals surface area (Å²) in [5, 5.41) is 11.5. The Balaban J connectivity index is 1.63. The van der Waals surface area contributed by atoms with E-state index in [2.05, 4.69) is 20.5 Å². The molecular formula is C15H17N5O2S. The van der Waals surface area contributed by atoms with Crippen molar-refractivity contribution in [3.05, 3.63) is 30.4 Å². The van der Waals surface area contributed by atoms with Crippen LogP contribution in [0.25, 0.3) is 11.1 Å². The summed E-state index contributed by atoms with van der Waals surface area (Å²) in [4.78, 5) is 16.4. The van der Waals surface area contributed by atoms with Crippen LogP contribution in [-0.2, 0) is 4.79 Å². The van der Waals surface area contributed by atoms with Gasteiger partial charge in [0.25, 0.3) is 0 Å². The Morgan fingerprint density at radius 2 is 2.26 bits per heavy atom. The number of hydrogen-bond acceptors (Lipinski definition) is 6. The first-order valence-electron chi connectivity index (χ1n) is 7.22. The molecule has 0 saturated heterocycles. The van der Waals surface area contributed by atoms with E-state index in [0.717, 1.165) is 10.7 Å². The Bertz CT molecular complexity index is 839. The third kappa shape index (κ3) is 3.53. The highest BCUT2D eigenvalue weighted by molar-refractivity contribution is 7.99. The van der Waals surface area contributed by atoms with Crippen molar-refractivity contribution in [2.24, 2.45) is 0 Å². The number of nitrogens with zero attached hydrogens (tertiary/aromatic N) is 4. The van der Waals surface area contributed by atoms with Crippen molar-refractivity contribution in [2.45, 2.75) is 32.0 Å². The number of amides is 1. The molecule has 0 saturated carbocycles. The zero-order chi connectivity index (χ0) is 16.4. The summed E-state index contributed by atoms with van der Waals surface area (Å²) in [6.45, 7) is 5.88. The van der Waals surface area contributed by atoms with E-state index in [1.807, 2.05) is 18.4 Å². The van der Waals surface area contributed by atoms with Crippen LogP contribution >= 0.6 is 11.8 Å². The van der Waals surface area contributed by atoms with Crippen molar-refractivity contribution >= 4 is 34.5 Å². The van der Waals surface area contributed by atoms with E-state index in [9.17, 15) is 4.79 Å². The van der Waals surface area contributed by atoms with Gasteiger partial charge in [-0.05, 0) is 32.0 Å². The Labute approximate surface area is 137 Å². The molecule has 3 rings (SSSR count). The molecule has 2 heterocycles. The molecule has 0 atom stereocenters. The standard InChI is InChI=1S/C15H17N5O2S/c1-9(2)20-8-16-19-15(20)23-7-14(21)18-11-4-5-13-12(6-11)17-10(3)22-13/h4-6,8-9H,7H2,1-3H3,(H,18,21). The molecule has 0 spiro atoms. The first-order valence-corrected chi connectivity index (χ1v) is 8.21. The molecule has 0 aliphatic carbocycles. The van der Waals surface area contributed by atoms with Crippen LogP contribution in [0.3, 0.4) is 0 Å². The van der Waals surface area contributed by atoms with E-state index >= 15 is 0 Å². The van der Waals surface area contributed by atoms with Crippen LogP contribution in [0.5, 0.6) is 0 Å². The highest BCUT2D eigenvalue weighted by Crippen LogP contribution is 2.21. The Morgan fingerprint density at radius 1 is 1.43 bits per heavy atom. The van der Waals surface area contributed by atoms with Crippen LogP contribution in [0.4, 0.5) is 5.69 Å². The van der Waals surface area contributed by atoms with Gasteiger partial charge in [0, 0.05) is 18.7 Å². The number of carbonyl (C=O) groups is 1. The number of benzene rings is 1. The largest absolute Gasteiger partial charge is 0.441 e. The van der Waals surface area contributed by atoms with Crippen molar-refractivity contribution in [1.29, 1.82) is 0 Å². The Kier molecular flexibility index (Phi) is 4.33. The zero-order valence-corrected chi connectivity index (χ0v) is 13.9. The second kappa shape index (κ2) is 6.41. The van der Waals surface area contributed by atoms with Gasteiger partial charge in [0.2, 0.25) is 5.91 Å². The minimum atomic E-state index is -0.104. The maximum atomic E-state index is 12.1. The lowest BCUT2D eigenvalue weighted by Gasteiger charge is -2.09. The number of rotatable bonds is 5. The van der Waals surface area contributed by atoms with E-state index in [-0.39, 0.29) is 17.7 Å². The van der Waals surface area contributed by atoms with Gasteiger partial charge in [0.05, 0.1) is 5.75 Å². The van der Waals surface area contributed by atoms with Gasteiger partial charge < -0.3 is 14.3 Å². The molecule has 23 heavy (non-hydrogen) atoms. The van der Waals surface area contributed by atoms with Crippen LogP contribution in [0.1, 0.15) is 25.8 Å². The quantitative estimate of drug-likeness (QED) is 0.723. The first kappa shape index (κ1) is 15.5. The zero-order valence-electron chi connectivity index (χ0n) is 13.1. The van der Waals surface area contributed by atoms with Crippen molar-refractivity contribution in [3.63, 3.8) is 0 Å². The van der Waals surface area contributed by atoms with Gasteiger partial charge >= 0.3 is 0 Å². The average molecular weight is 331 g/mol. The highest BCUT2D eigenvalue weighted by atomic mass is 32.2. The number of aromatic nitrogens is 4. The molecule has 3 aromatic rings. The predicted octanol–water partition coefficient (Wildman–Crippen LogP) is 3.04. The predicted molar refractivity (Wildman–Crippen MR) is 88.5 cm³/mol. The fourth-order valence-electron chi connectivity index (χ4n) is 2.14. The fraction of sp³-hybridized carbons (Fsp3) is 0.333. The molecule has 120 valence electrons. The van der Waals surface area contributed by atoms with E-state index in [1.165, 1.54) is 11.8 Å². The molecule has 0 bridgehead atoms. The number of oxazole rings is 1. The maximum absolute atomic E-state index is 12.1. The minimum Gasteiger partial charge on any atom is -0.441 e. The Hall–Kier alpha value is -2.35. The molecule has 2 aromatic heterocycles. The molecule has 0 aliphatic rings. The number of carbonyl (C=O) groups excluding carboxylic acids is 1. The SMILES string of the molecule is Cc1nc2cc(NC(=O)CSc3nncn3C(C)C)ccc2o1. The summed E-state index contributed by atoms with van der Waals surface area (Å²) in [5.41, 5.74) is 2.13. The number of hydrogen-bond donors (Lipinski definition) is 1. The lowest BCUT2D eigenvalue weighted by molar-refractivity contribution is -0.113. The molecule has 0 unspecified atom stereocenters. The number of fused-ring (bicyclic) bond motifs is 1. The van der Waals surface area contributed by atoms with Crippen LogP contribution in [0, 0.1) is 6.92 Å². The number of nitrogens with one attached hydrogen (secondary N) is 1. The minimum absolute atomic E-state index is 0.104. The monoisotopic (exact) mass is 331 g/mol. The molecule has 1 aromatic carbocycles. The average Bonchev–Trinajstić information content (AvgIpc) is 3.09. The summed E-state index contributed by atoms with van der Waals surface area (Å²) < 4.78 is 7.35. The van der Waals surface area contributed by atoms with E-state index in [1.54, 1.807) is 31.5 Å². The molecule has 8 heteroatoms. The van der Waals surface area contributed by atoms with Crippen molar-refractivity contribution < 1.29 is 9.21 Å². The van der Waals surface area contributed by atoms with Gasteiger partial charge in [-0.25, -0.2) is 4.98 Å². The molecular weight excluding hydrogens is 314 g/mol. The lowest BCUT2D eigenvalue weighted by Crippen LogP contribution is -2.14. The van der Waals surface area contributed by atoms with Gasteiger partial charge in [0.1, 0.15) is 11.8 Å². The molecule has 7 nitrogen and oxygen atoms in total. The van der Waals surface area contributed by atoms with Crippen LogP contribution in [0.2, 0.25) is 0 Å². The topological polar surface area (TPSA) is 85.8 Å². The number of thioether (sulfide) groups is 1. The third-order valence-corrected chi connectivity index (χ3v) is 4.16. The van der Waals surface area contributed by atoms with E-state index in [0.29, 0.717) is 17.2 Å². The van der Waals surface area contributed by atoms with E-state index < -0.39 is 0 Å². The highest BCUT2D eigenvalue weighted by Gasteiger charge is 2.11. The van der Waals surface area contributed by atoms with Gasteiger partial charge in [-0.1, -0.05) is 11.8 Å². The molecule has 0 aliphatic heterocycles. The van der Waals surface area contributed by atoms with Crippen LogP contribution in [-0.4, -0.2) is 31.4 Å². The van der Waals surface area contributed by atoms with Crippen molar-refractivity contribution in [3.8, 4) is 0 Å². The molecule has 0 radical (unpaired) electrons. The van der Waals surface area contributed by atoms with Crippen LogP contribution in [0.15, 0.2) is 34.1 Å². The number of anilines is 1. The van der Waals surface area contributed by atoms with Gasteiger partial charge in [-0.2, -0.15) is 0 Å². The summed E-state index contributed by atoms with van der Waals surface area (Å²) in [5.74, 6) is 0.765. The fourth-order valence-corrected chi connectivity index (χ4v) is 2.98. The smallest absolute Gasteiger partial charge is 0.234 e. The van der Waals surface area contributed by atoms with E-state index in [4.69, 9.17) is 4.42 Å². The normalized spacial score (nSPS) is 11.3. The molecule has 0 fully saturated rings. The van der Waals surface area contributed by atoms with Crippen molar-refractivity contribution in [1.82, 2.24) is 19.7 Å². The summed E-state index contributed by atoms with van der Waals surface area (Å²) in [6.07, 6.45) is 1.67. The van der Waals surface area contributed by atoms with Gasteiger partial charge in [-0.15, -0.1) is 10.2 Å². The summed E-state index contributed by atoms with van der Waals surface area (Å²) in [6, 6.07) is 5.65.